The molecule has 7 aromatic carbocycles. The maximum Gasteiger partial charge on any atom is 0.0540 e. The van der Waals surface area contributed by atoms with Gasteiger partial charge in [0.05, 0.1) is 5.69 Å². The van der Waals surface area contributed by atoms with E-state index in [9.17, 15) is 0 Å². The Morgan fingerprint density at radius 1 is 0.321 bits per heavy atom. The largest absolute Gasteiger partial charge is 0.311 e. The third-order valence-electron chi connectivity index (χ3n) is 10.8. The fourth-order valence-electron chi connectivity index (χ4n) is 7.27. The Kier molecular flexibility index (Phi) is 10.5. The van der Waals surface area contributed by atoms with Gasteiger partial charge in [0.2, 0.25) is 0 Å². The summed E-state index contributed by atoms with van der Waals surface area (Å²) in [6.45, 7) is 20.4. The van der Waals surface area contributed by atoms with Crippen LogP contribution < -0.4 is 9.80 Å². The van der Waals surface area contributed by atoms with E-state index in [0.717, 1.165) is 39.6 Å². The Balaban J connectivity index is 1.16. The van der Waals surface area contributed by atoms with E-state index < -0.39 is 0 Å². The van der Waals surface area contributed by atoms with E-state index in [-0.39, 0.29) is 16.2 Å². The molecule has 0 radical (unpaired) electrons. The van der Waals surface area contributed by atoms with Crippen molar-refractivity contribution in [3.05, 3.63) is 192 Å². The highest BCUT2D eigenvalue weighted by Gasteiger charge is 2.20. The van der Waals surface area contributed by atoms with Crippen LogP contribution in [0.1, 0.15) is 90.1 Å². The molecule has 0 fully saturated rings. The smallest absolute Gasteiger partial charge is 0.0540 e. The van der Waals surface area contributed by atoms with Gasteiger partial charge in [0.25, 0.3) is 0 Å². The second-order valence-electron chi connectivity index (χ2n) is 18.1. The van der Waals surface area contributed by atoms with Gasteiger partial charge >= 0.3 is 0 Å². The van der Waals surface area contributed by atoms with Crippen LogP contribution in [0, 0.1) is 0 Å². The average Bonchev–Trinajstić information content (AvgIpc) is 3.18. The van der Waals surface area contributed by atoms with Crippen LogP contribution in [0.3, 0.4) is 0 Å². The highest BCUT2D eigenvalue weighted by atomic mass is 15.1. The molecule has 0 aromatic heterocycles. The second kappa shape index (κ2) is 15.3. The molecule has 7 aromatic rings. The summed E-state index contributed by atoms with van der Waals surface area (Å²) in [7, 11) is 0. The van der Waals surface area contributed by atoms with Crippen LogP contribution in [0.2, 0.25) is 0 Å². The van der Waals surface area contributed by atoms with Gasteiger partial charge in [-0.1, -0.05) is 172 Å². The van der Waals surface area contributed by atoms with Crippen LogP contribution in [0.5, 0.6) is 0 Å². The lowest BCUT2D eigenvalue weighted by atomic mass is 9.86. The third kappa shape index (κ3) is 8.51. The van der Waals surface area contributed by atoms with Gasteiger partial charge < -0.3 is 9.80 Å². The van der Waals surface area contributed by atoms with Crippen molar-refractivity contribution < 1.29 is 0 Å². The minimum Gasteiger partial charge on any atom is -0.311 e. The lowest BCUT2D eigenvalue weighted by Gasteiger charge is -2.28. The Morgan fingerprint density at radius 2 is 0.643 bits per heavy atom. The number of fused-ring (bicyclic) bond motifs is 1. The molecule has 282 valence electrons. The van der Waals surface area contributed by atoms with Crippen molar-refractivity contribution in [1.29, 1.82) is 0 Å². The van der Waals surface area contributed by atoms with Crippen LogP contribution >= 0.6 is 0 Å². The molecule has 0 aliphatic rings. The summed E-state index contributed by atoms with van der Waals surface area (Å²) in [6, 6.07) is 60.0. The van der Waals surface area contributed by atoms with Gasteiger partial charge in [0.1, 0.15) is 0 Å². The van der Waals surface area contributed by atoms with Crippen LogP contribution in [-0.2, 0) is 16.2 Å². The molecule has 2 nitrogen and oxygen atoms in total. The van der Waals surface area contributed by atoms with Crippen molar-refractivity contribution >= 4 is 57.0 Å². The Labute approximate surface area is 335 Å². The van der Waals surface area contributed by atoms with Crippen LogP contribution in [0.15, 0.2) is 164 Å². The Hall–Kier alpha value is -5.86. The molecule has 0 saturated heterocycles. The molecule has 0 bridgehead atoms. The third-order valence-corrected chi connectivity index (χ3v) is 10.8. The molecule has 0 atom stereocenters. The molecule has 0 unspecified atom stereocenters. The minimum atomic E-state index is 0.0905. The molecule has 0 saturated carbocycles. The first kappa shape index (κ1) is 38.4. The van der Waals surface area contributed by atoms with Gasteiger partial charge in [-0.2, -0.15) is 0 Å². The van der Waals surface area contributed by atoms with E-state index in [2.05, 4.69) is 248 Å². The van der Waals surface area contributed by atoms with E-state index in [1.807, 2.05) is 0 Å². The van der Waals surface area contributed by atoms with Crippen molar-refractivity contribution in [2.45, 2.75) is 78.6 Å². The standard InChI is InChI=1S/C54H56N2/c1-52(2,3)42-23-33-46(34-24-42)55(47-35-25-43(26-36-47)53(4,5)6)45-29-19-39(20-30-45)17-18-40-21-31-48(32-22-40)56(49-37-27-44(28-38-49)54(7,8)9)51-16-12-14-41-13-10-11-15-50(41)51/h10-38H,1-9H3. The molecule has 7 rings (SSSR count). The number of benzene rings is 7. The van der Waals surface area contributed by atoms with Gasteiger partial charge in [-0.05, 0) is 116 Å². The summed E-state index contributed by atoms with van der Waals surface area (Å²) in [5, 5.41) is 2.46. The van der Waals surface area contributed by atoms with Crippen molar-refractivity contribution in [3.63, 3.8) is 0 Å². The molecule has 0 aliphatic heterocycles. The van der Waals surface area contributed by atoms with E-state index in [4.69, 9.17) is 0 Å². The number of hydrogen-bond donors (Lipinski definition) is 0. The van der Waals surface area contributed by atoms with Gasteiger partial charge in [-0.15, -0.1) is 0 Å². The summed E-state index contributed by atoms with van der Waals surface area (Å²) < 4.78 is 0. The molecular formula is C54H56N2. The topological polar surface area (TPSA) is 6.48 Å². The normalized spacial score (nSPS) is 12.3. The maximum absolute atomic E-state index is 2.38. The van der Waals surface area contributed by atoms with Gasteiger partial charge in [-0.25, -0.2) is 0 Å². The first-order valence-corrected chi connectivity index (χ1v) is 19.9. The quantitative estimate of drug-likeness (QED) is 0.144. The fourth-order valence-corrected chi connectivity index (χ4v) is 7.27. The van der Waals surface area contributed by atoms with Crippen molar-refractivity contribution in [2.24, 2.45) is 0 Å². The van der Waals surface area contributed by atoms with Crippen LogP contribution in [0.25, 0.3) is 22.9 Å². The summed E-state index contributed by atoms with van der Waals surface area (Å²) in [5.41, 5.74) is 13.4. The minimum absolute atomic E-state index is 0.0905. The number of anilines is 6. The molecule has 2 heteroatoms. The second-order valence-corrected chi connectivity index (χ2v) is 18.1. The molecule has 0 N–H and O–H groups in total. The maximum atomic E-state index is 2.38. The Morgan fingerprint density at radius 3 is 1.02 bits per heavy atom. The molecule has 0 heterocycles. The summed E-state index contributed by atoms with van der Waals surface area (Å²) in [6.07, 6.45) is 4.40. The zero-order valence-corrected chi connectivity index (χ0v) is 34.6. The average molecular weight is 733 g/mol. The lowest BCUT2D eigenvalue weighted by molar-refractivity contribution is 0.590. The van der Waals surface area contributed by atoms with E-state index in [1.54, 1.807) is 0 Å². The lowest BCUT2D eigenvalue weighted by Crippen LogP contribution is -2.14. The highest BCUT2D eigenvalue weighted by molar-refractivity contribution is 5.99. The van der Waals surface area contributed by atoms with Crippen LogP contribution in [0.4, 0.5) is 34.1 Å². The highest BCUT2D eigenvalue weighted by Crippen LogP contribution is 2.40. The SMILES string of the molecule is CC(C)(C)c1ccc(N(c2ccc(C=Cc3ccc(N(c4ccc(C(C)(C)C)cc4)c4cccc5ccccc45)cc3)cc2)c2ccc(C(C)(C)C)cc2)cc1. The van der Waals surface area contributed by atoms with E-state index in [1.165, 1.54) is 33.2 Å². The molecular weight excluding hydrogens is 677 g/mol. The summed E-state index contributed by atoms with van der Waals surface area (Å²) in [4.78, 5) is 4.73. The van der Waals surface area contributed by atoms with Gasteiger partial charge in [0, 0.05) is 33.8 Å². The van der Waals surface area contributed by atoms with Crippen molar-refractivity contribution in [2.75, 3.05) is 9.80 Å². The summed E-state index contributed by atoms with van der Waals surface area (Å²) >= 11 is 0. The van der Waals surface area contributed by atoms with Gasteiger partial charge in [-0.3, -0.25) is 0 Å². The van der Waals surface area contributed by atoms with E-state index >= 15 is 0 Å². The first-order chi connectivity index (χ1) is 26.6. The molecule has 0 spiro atoms. The number of rotatable bonds is 8. The fraction of sp³-hybridized carbons (Fsp3) is 0.222. The zero-order chi connectivity index (χ0) is 39.7. The van der Waals surface area contributed by atoms with Crippen LogP contribution in [-0.4, -0.2) is 0 Å². The van der Waals surface area contributed by atoms with E-state index in [0.29, 0.717) is 0 Å². The molecule has 56 heavy (non-hydrogen) atoms. The number of nitrogens with zero attached hydrogens (tertiary/aromatic N) is 2. The Bertz CT molecular complexity index is 2350. The zero-order valence-electron chi connectivity index (χ0n) is 34.6. The predicted octanol–water partition coefficient (Wildman–Crippen LogP) is 15.8. The molecule has 0 amide bonds. The summed E-state index contributed by atoms with van der Waals surface area (Å²) in [5.74, 6) is 0. The van der Waals surface area contributed by atoms with Crippen molar-refractivity contribution in [3.8, 4) is 0 Å². The predicted molar refractivity (Wildman–Crippen MR) is 245 cm³/mol. The monoisotopic (exact) mass is 732 g/mol. The van der Waals surface area contributed by atoms with Gasteiger partial charge in [0.15, 0.2) is 0 Å². The first-order valence-electron chi connectivity index (χ1n) is 19.9. The number of hydrogen-bond acceptors (Lipinski definition) is 2. The molecule has 0 aliphatic carbocycles. The van der Waals surface area contributed by atoms with Crippen molar-refractivity contribution in [1.82, 2.24) is 0 Å².